The molecule has 0 saturated heterocycles. The average Bonchev–Trinajstić information content (AvgIpc) is 2.53. The van der Waals surface area contributed by atoms with Gasteiger partial charge in [0, 0.05) is 10.8 Å². The SMILES string of the molecule is CC(C)(C)c1nc2c(o1)OC(C(C)(C)C)N2. The zero-order valence-electron chi connectivity index (χ0n) is 10.8. The maximum Gasteiger partial charge on any atom is 0.332 e. The minimum Gasteiger partial charge on any atom is -0.438 e. The van der Waals surface area contributed by atoms with Crippen LogP contribution in [0.2, 0.25) is 0 Å². The van der Waals surface area contributed by atoms with Crippen molar-refractivity contribution in [2.45, 2.75) is 53.2 Å². The highest BCUT2D eigenvalue weighted by atomic mass is 16.6. The lowest BCUT2D eigenvalue weighted by molar-refractivity contribution is 0.0971. The Balaban J connectivity index is 2.21. The summed E-state index contributed by atoms with van der Waals surface area (Å²) in [6.45, 7) is 12.5. The lowest BCUT2D eigenvalue weighted by Gasteiger charge is -2.25. The third-order valence-electron chi connectivity index (χ3n) is 2.52. The highest BCUT2D eigenvalue weighted by molar-refractivity contribution is 5.49. The Labute approximate surface area is 96.4 Å². The third-order valence-corrected chi connectivity index (χ3v) is 2.52. The molecule has 0 amide bonds. The van der Waals surface area contributed by atoms with E-state index in [0.29, 0.717) is 11.8 Å². The van der Waals surface area contributed by atoms with Crippen molar-refractivity contribution in [3.8, 4) is 5.95 Å². The predicted molar refractivity (Wildman–Crippen MR) is 62.7 cm³/mol. The Hall–Kier alpha value is -1.19. The van der Waals surface area contributed by atoms with Crippen molar-refractivity contribution in [1.82, 2.24) is 4.98 Å². The van der Waals surface area contributed by atoms with Crippen LogP contribution in [-0.2, 0) is 5.41 Å². The van der Waals surface area contributed by atoms with E-state index in [1.807, 2.05) is 0 Å². The summed E-state index contributed by atoms with van der Waals surface area (Å²) in [5, 5.41) is 3.24. The first kappa shape index (κ1) is 11.3. The number of rotatable bonds is 0. The molecular formula is C12H20N2O2. The number of nitrogens with one attached hydrogen (secondary N) is 1. The largest absolute Gasteiger partial charge is 0.438 e. The van der Waals surface area contributed by atoms with Crippen molar-refractivity contribution >= 4 is 5.82 Å². The highest BCUT2D eigenvalue weighted by Gasteiger charge is 2.37. The molecule has 1 aliphatic rings. The van der Waals surface area contributed by atoms with Crippen LogP contribution in [0, 0.1) is 5.41 Å². The van der Waals surface area contributed by atoms with Gasteiger partial charge in [-0.25, -0.2) is 0 Å². The molecule has 0 radical (unpaired) electrons. The second-order valence-corrected chi connectivity index (χ2v) is 6.41. The molecule has 0 aliphatic carbocycles. The number of nitrogens with zero attached hydrogens (tertiary/aromatic N) is 1. The van der Waals surface area contributed by atoms with Gasteiger partial charge in [0.15, 0.2) is 6.23 Å². The molecular weight excluding hydrogens is 204 g/mol. The number of fused-ring (bicyclic) bond motifs is 1. The maximum absolute atomic E-state index is 5.71. The lowest BCUT2D eigenvalue weighted by Crippen LogP contribution is -2.35. The van der Waals surface area contributed by atoms with E-state index in [1.165, 1.54) is 0 Å². The van der Waals surface area contributed by atoms with Gasteiger partial charge in [-0.05, 0) is 0 Å². The van der Waals surface area contributed by atoms with Gasteiger partial charge in [0.25, 0.3) is 0 Å². The summed E-state index contributed by atoms with van der Waals surface area (Å²) < 4.78 is 11.3. The van der Waals surface area contributed by atoms with Crippen molar-refractivity contribution in [1.29, 1.82) is 0 Å². The molecule has 1 N–H and O–H groups in total. The first-order chi connectivity index (χ1) is 7.18. The molecule has 4 heteroatoms. The van der Waals surface area contributed by atoms with Crippen LogP contribution in [0.25, 0.3) is 0 Å². The maximum atomic E-state index is 5.71. The van der Waals surface area contributed by atoms with E-state index in [0.717, 1.165) is 5.82 Å². The summed E-state index contributed by atoms with van der Waals surface area (Å²) in [6.07, 6.45) is -0.0669. The number of aromatic nitrogens is 1. The highest BCUT2D eigenvalue weighted by Crippen LogP contribution is 2.40. The van der Waals surface area contributed by atoms with Crippen molar-refractivity contribution in [3.05, 3.63) is 5.89 Å². The van der Waals surface area contributed by atoms with Crippen molar-refractivity contribution in [2.75, 3.05) is 5.32 Å². The van der Waals surface area contributed by atoms with Gasteiger partial charge in [-0.2, -0.15) is 4.98 Å². The molecule has 0 aromatic carbocycles. The standard InChI is InChI=1S/C12H20N2O2/c1-11(2,3)9-13-7-8(15-9)16-10(14-7)12(4,5)6/h9,13H,1-6H3. The molecule has 0 bridgehead atoms. The predicted octanol–water partition coefficient (Wildman–Crippen LogP) is 3.15. The molecule has 1 aromatic heterocycles. The van der Waals surface area contributed by atoms with E-state index in [1.54, 1.807) is 0 Å². The van der Waals surface area contributed by atoms with Gasteiger partial charge in [0.2, 0.25) is 11.7 Å². The fourth-order valence-corrected chi connectivity index (χ4v) is 1.45. The molecule has 0 fully saturated rings. The van der Waals surface area contributed by atoms with Gasteiger partial charge in [-0.15, -0.1) is 0 Å². The van der Waals surface area contributed by atoms with Crippen LogP contribution in [0.5, 0.6) is 5.95 Å². The summed E-state index contributed by atoms with van der Waals surface area (Å²) in [5.41, 5.74) is -0.0717. The van der Waals surface area contributed by atoms with Crippen molar-refractivity contribution in [3.63, 3.8) is 0 Å². The molecule has 1 aliphatic heterocycles. The van der Waals surface area contributed by atoms with Gasteiger partial charge in [0.1, 0.15) is 0 Å². The molecule has 1 unspecified atom stereocenters. The van der Waals surface area contributed by atoms with E-state index in [9.17, 15) is 0 Å². The van der Waals surface area contributed by atoms with Crippen LogP contribution in [0.3, 0.4) is 0 Å². The number of oxazole rings is 1. The minimum absolute atomic E-state index is 0.0190. The molecule has 0 saturated carbocycles. The number of ether oxygens (including phenoxy) is 1. The average molecular weight is 224 g/mol. The molecule has 2 rings (SSSR count). The molecule has 1 atom stereocenters. The monoisotopic (exact) mass is 224 g/mol. The van der Waals surface area contributed by atoms with E-state index in [4.69, 9.17) is 9.15 Å². The van der Waals surface area contributed by atoms with E-state index in [-0.39, 0.29) is 17.1 Å². The van der Waals surface area contributed by atoms with Crippen molar-refractivity contribution < 1.29 is 9.15 Å². The van der Waals surface area contributed by atoms with E-state index < -0.39 is 0 Å². The van der Waals surface area contributed by atoms with Gasteiger partial charge in [-0.1, -0.05) is 41.5 Å². The molecule has 16 heavy (non-hydrogen) atoms. The molecule has 1 aromatic rings. The van der Waals surface area contributed by atoms with Crippen LogP contribution in [0.4, 0.5) is 5.82 Å². The van der Waals surface area contributed by atoms with Gasteiger partial charge in [-0.3, -0.25) is 0 Å². The van der Waals surface area contributed by atoms with Crippen LogP contribution < -0.4 is 10.1 Å². The van der Waals surface area contributed by atoms with E-state index in [2.05, 4.69) is 51.8 Å². The smallest absolute Gasteiger partial charge is 0.332 e. The number of hydrogen-bond acceptors (Lipinski definition) is 4. The molecule has 2 heterocycles. The number of hydrogen-bond donors (Lipinski definition) is 1. The van der Waals surface area contributed by atoms with Crippen LogP contribution >= 0.6 is 0 Å². The van der Waals surface area contributed by atoms with Gasteiger partial charge >= 0.3 is 5.95 Å². The zero-order valence-corrected chi connectivity index (χ0v) is 10.8. The van der Waals surface area contributed by atoms with Crippen LogP contribution in [-0.4, -0.2) is 11.2 Å². The summed E-state index contributed by atoms with van der Waals surface area (Å²) in [4.78, 5) is 4.42. The van der Waals surface area contributed by atoms with Crippen LogP contribution in [0.1, 0.15) is 47.4 Å². The Bertz CT molecular complexity index is 373. The second kappa shape index (κ2) is 3.15. The zero-order chi connectivity index (χ0) is 12.1. The Kier molecular flexibility index (Phi) is 2.23. The Morgan fingerprint density at radius 1 is 1.12 bits per heavy atom. The van der Waals surface area contributed by atoms with Gasteiger partial charge in [0.05, 0.1) is 0 Å². The fourth-order valence-electron chi connectivity index (χ4n) is 1.45. The summed E-state index contributed by atoms with van der Waals surface area (Å²) >= 11 is 0. The fraction of sp³-hybridized carbons (Fsp3) is 0.750. The normalized spacial score (nSPS) is 20.2. The number of anilines is 1. The third kappa shape index (κ3) is 1.88. The lowest BCUT2D eigenvalue weighted by atomic mass is 9.94. The summed E-state index contributed by atoms with van der Waals surface area (Å²) in [7, 11) is 0. The second-order valence-electron chi connectivity index (χ2n) is 6.41. The summed E-state index contributed by atoms with van der Waals surface area (Å²) in [6, 6.07) is 0. The summed E-state index contributed by atoms with van der Waals surface area (Å²) in [5.74, 6) is 1.95. The molecule has 90 valence electrons. The molecule has 0 spiro atoms. The minimum atomic E-state index is -0.0907. The van der Waals surface area contributed by atoms with E-state index >= 15 is 0 Å². The first-order valence-electron chi connectivity index (χ1n) is 5.62. The van der Waals surface area contributed by atoms with Gasteiger partial charge < -0.3 is 14.5 Å². The first-order valence-corrected chi connectivity index (χ1v) is 5.62. The molecule has 4 nitrogen and oxygen atoms in total. The Morgan fingerprint density at radius 3 is 2.19 bits per heavy atom. The topological polar surface area (TPSA) is 47.3 Å². The van der Waals surface area contributed by atoms with Crippen molar-refractivity contribution in [2.24, 2.45) is 5.41 Å². The van der Waals surface area contributed by atoms with Crippen LogP contribution in [0.15, 0.2) is 4.42 Å². The quantitative estimate of drug-likeness (QED) is 0.735. The Morgan fingerprint density at radius 2 is 1.75 bits per heavy atom.